The smallest absolute Gasteiger partial charge is 0.259 e. The summed E-state index contributed by atoms with van der Waals surface area (Å²) >= 11 is -2.13. The van der Waals surface area contributed by atoms with Crippen LogP contribution in [0.5, 0.6) is 0 Å². The Balaban J connectivity index is 1.21. The average molecular weight is 473 g/mol. The zero-order valence-electron chi connectivity index (χ0n) is 18.3. The van der Waals surface area contributed by atoms with E-state index in [-0.39, 0.29) is 42.0 Å². The number of nitrogens with zero attached hydrogens (tertiary/aromatic N) is 4. The van der Waals surface area contributed by atoms with Crippen molar-refractivity contribution in [1.82, 2.24) is 14.7 Å². The molecule has 176 valence electrons. The molecule has 4 N–H and O–H groups in total. The van der Waals surface area contributed by atoms with E-state index >= 15 is 0 Å². The second-order valence-corrected chi connectivity index (χ2v) is 10.3. The first-order valence-corrected chi connectivity index (χ1v) is 12.4. The fourth-order valence-electron chi connectivity index (χ4n) is 5.90. The van der Waals surface area contributed by atoms with E-state index in [2.05, 4.69) is 10.8 Å². The van der Waals surface area contributed by atoms with Crippen LogP contribution in [0, 0.1) is 17.2 Å². The molecule has 0 aromatic heterocycles. The number of hydrogen-bond acceptors (Lipinski definition) is 6. The standard InChI is InChI=1S/C22H28N6O4S/c1-12(13-2-4-15(5-3-13)25-33(31)32)27-17-8-20(22(27)30)26(10-17)11-18(24)21(29)28-16(9-23)6-14-7-19(14)28/h2-5,12,14,16-20,25H,6-8,10-11,24H2,1H3,(H,31,32)/t12-,14?,16+,17-,18+,19+,20-/m1/s1. The minimum absolute atomic E-state index is 0.0374. The lowest BCUT2D eigenvalue weighted by Gasteiger charge is -2.38. The minimum Gasteiger partial charge on any atom is -0.330 e. The van der Waals surface area contributed by atoms with E-state index in [1.807, 2.05) is 28.9 Å². The van der Waals surface area contributed by atoms with Crippen LogP contribution in [0.1, 0.15) is 37.8 Å². The molecule has 8 atom stereocenters. The maximum atomic E-state index is 13.2. The highest BCUT2D eigenvalue weighted by atomic mass is 32.2. The van der Waals surface area contributed by atoms with E-state index in [0.717, 1.165) is 18.4 Å². The molecule has 4 fully saturated rings. The summed E-state index contributed by atoms with van der Waals surface area (Å²) in [5, 5.41) is 9.37. The molecule has 3 heterocycles. The fraction of sp³-hybridized carbons (Fsp3) is 0.591. The van der Waals surface area contributed by atoms with E-state index in [0.29, 0.717) is 31.1 Å². The molecular formula is C22H28N6O4S. The number of nitrogens with one attached hydrogen (secondary N) is 1. The van der Waals surface area contributed by atoms with Gasteiger partial charge in [0, 0.05) is 30.9 Å². The maximum Gasteiger partial charge on any atom is 0.259 e. The summed E-state index contributed by atoms with van der Waals surface area (Å²) in [5.41, 5.74) is 7.74. The van der Waals surface area contributed by atoms with Gasteiger partial charge in [0.05, 0.1) is 24.2 Å². The first-order valence-electron chi connectivity index (χ1n) is 11.3. The third kappa shape index (κ3) is 3.91. The third-order valence-corrected chi connectivity index (χ3v) is 8.00. The Morgan fingerprint density at radius 2 is 2.06 bits per heavy atom. The van der Waals surface area contributed by atoms with Crippen molar-refractivity contribution in [2.45, 2.75) is 62.4 Å². The van der Waals surface area contributed by atoms with E-state index in [1.54, 1.807) is 17.0 Å². The van der Waals surface area contributed by atoms with Gasteiger partial charge in [-0.2, -0.15) is 5.26 Å². The molecular weight excluding hydrogens is 444 g/mol. The molecule has 1 aromatic rings. The summed E-state index contributed by atoms with van der Waals surface area (Å²) in [4.78, 5) is 31.8. The maximum absolute atomic E-state index is 13.2. The van der Waals surface area contributed by atoms with Gasteiger partial charge in [-0.15, -0.1) is 0 Å². The predicted molar refractivity (Wildman–Crippen MR) is 121 cm³/mol. The number of hydrogen-bond donors (Lipinski definition) is 3. The summed E-state index contributed by atoms with van der Waals surface area (Å²) in [6, 6.07) is 8.03. The number of benzene rings is 1. The highest BCUT2D eigenvalue weighted by Gasteiger charge is 2.56. The van der Waals surface area contributed by atoms with Crippen LogP contribution in [0.4, 0.5) is 5.69 Å². The fourth-order valence-corrected chi connectivity index (χ4v) is 6.24. The van der Waals surface area contributed by atoms with Crippen LogP contribution in [-0.4, -0.2) is 78.6 Å². The molecule has 1 saturated carbocycles. The Morgan fingerprint density at radius 1 is 1.33 bits per heavy atom. The number of piperidine rings is 1. The molecule has 10 nitrogen and oxygen atoms in total. The van der Waals surface area contributed by atoms with Crippen LogP contribution in [0.15, 0.2) is 24.3 Å². The van der Waals surface area contributed by atoms with Crippen molar-refractivity contribution in [3.05, 3.63) is 29.8 Å². The lowest BCUT2D eigenvalue weighted by molar-refractivity contribution is -0.141. The van der Waals surface area contributed by atoms with Crippen molar-refractivity contribution < 1.29 is 18.4 Å². The Hall–Kier alpha value is -2.52. The topological polar surface area (TPSA) is 143 Å². The number of likely N-dealkylation sites (tertiary alicyclic amines) is 3. The van der Waals surface area contributed by atoms with E-state index in [4.69, 9.17) is 10.3 Å². The molecule has 1 aromatic carbocycles. The quantitative estimate of drug-likeness (QED) is 0.488. The van der Waals surface area contributed by atoms with Crippen molar-refractivity contribution in [1.29, 1.82) is 5.26 Å². The molecule has 4 aliphatic rings. The summed E-state index contributed by atoms with van der Waals surface area (Å²) in [5.74, 6) is 0.306. The molecule has 3 aliphatic heterocycles. The van der Waals surface area contributed by atoms with E-state index in [1.165, 1.54) is 0 Å². The SMILES string of the molecule is C[C@H](c1ccc(NS(=O)O)cc1)N1C(=O)[C@H]2C[C@@H]1CN2C[C@H](N)C(=O)N1[C@H](C#N)CC2C[C@@H]21. The Labute approximate surface area is 195 Å². The number of carbonyl (C=O) groups excluding carboxylic acids is 2. The normalized spacial score (nSPS) is 32.9. The molecule has 11 heteroatoms. The minimum atomic E-state index is -2.13. The first-order chi connectivity index (χ1) is 15.8. The van der Waals surface area contributed by atoms with Crippen molar-refractivity contribution in [3.8, 4) is 6.07 Å². The number of piperazine rings is 1. The van der Waals surface area contributed by atoms with Crippen molar-refractivity contribution in [2.75, 3.05) is 17.8 Å². The lowest BCUT2D eigenvalue weighted by atomic mass is 10.0. The van der Waals surface area contributed by atoms with Gasteiger partial charge < -0.3 is 15.5 Å². The van der Waals surface area contributed by atoms with Gasteiger partial charge in [0.1, 0.15) is 6.04 Å². The van der Waals surface area contributed by atoms with Crippen molar-refractivity contribution in [3.63, 3.8) is 0 Å². The molecule has 33 heavy (non-hydrogen) atoms. The Morgan fingerprint density at radius 3 is 2.70 bits per heavy atom. The molecule has 2 amide bonds. The number of fused-ring (bicyclic) bond motifs is 3. The van der Waals surface area contributed by atoms with Crippen LogP contribution >= 0.6 is 0 Å². The van der Waals surface area contributed by atoms with Gasteiger partial charge in [0.15, 0.2) is 0 Å². The van der Waals surface area contributed by atoms with Gasteiger partial charge >= 0.3 is 0 Å². The second-order valence-electron chi connectivity index (χ2n) is 9.55. The lowest BCUT2D eigenvalue weighted by Crippen LogP contribution is -2.57. The highest BCUT2D eigenvalue weighted by molar-refractivity contribution is 7.80. The van der Waals surface area contributed by atoms with Gasteiger partial charge in [-0.05, 0) is 49.8 Å². The summed E-state index contributed by atoms with van der Waals surface area (Å²) in [6.45, 7) is 2.96. The second kappa shape index (κ2) is 8.36. The predicted octanol–water partition coefficient (Wildman–Crippen LogP) is 0.422. The number of nitriles is 1. The summed E-state index contributed by atoms with van der Waals surface area (Å²) in [6.07, 6.45) is 2.42. The van der Waals surface area contributed by atoms with Gasteiger partial charge in [-0.1, -0.05) is 12.1 Å². The van der Waals surface area contributed by atoms with Crippen LogP contribution in [0.3, 0.4) is 0 Å². The largest absolute Gasteiger partial charge is 0.330 e. The Kier molecular flexibility index (Phi) is 5.64. The third-order valence-electron chi connectivity index (χ3n) is 7.59. The summed E-state index contributed by atoms with van der Waals surface area (Å²) < 4.78 is 22.3. The van der Waals surface area contributed by atoms with Gasteiger partial charge in [-0.3, -0.25) is 23.8 Å². The molecule has 1 aliphatic carbocycles. The van der Waals surface area contributed by atoms with Crippen LogP contribution in [0.2, 0.25) is 0 Å². The van der Waals surface area contributed by atoms with Gasteiger partial charge in [0.25, 0.3) is 11.3 Å². The van der Waals surface area contributed by atoms with Gasteiger partial charge in [-0.25, -0.2) is 4.21 Å². The Bertz CT molecular complexity index is 1030. The first kappa shape index (κ1) is 22.3. The summed E-state index contributed by atoms with van der Waals surface area (Å²) in [7, 11) is 0. The van der Waals surface area contributed by atoms with Crippen LogP contribution < -0.4 is 10.5 Å². The van der Waals surface area contributed by atoms with Gasteiger partial charge in [0.2, 0.25) is 11.8 Å². The number of rotatable bonds is 7. The molecule has 0 spiro atoms. The van der Waals surface area contributed by atoms with E-state index < -0.39 is 17.3 Å². The molecule has 2 bridgehead atoms. The average Bonchev–Trinajstić information content (AvgIpc) is 3.12. The number of anilines is 1. The number of nitrogens with two attached hydrogens (primary N) is 1. The van der Waals surface area contributed by atoms with Crippen molar-refractivity contribution >= 4 is 28.8 Å². The number of amides is 2. The zero-order chi connectivity index (χ0) is 23.4. The van der Waals surface area contributed by atoms with E-state index in [9.17, 15) is 19.1 Å². The van der Waals surface area contributed by atoms with Crippen LogP contribution in [-0.2, 0) is 20.9 Å². The van der Waals surface area contributed by atoms with Crippen LogP contribution in [0.25, 0.3) is 0 Å². The highest BCUT2D eigenvalue weighted by Crippen LogP contribution is 2.48. The number of carbonyl (C=O) groups is 2. The molecule has 5 rings (SSSR count). The molecule has 2 unspecified atom stereocenters. The monoisotopic (exact) mass is 472 g/mol. The molecule has 0 radical (unpaired) electrons. The zero-order valence-corrected chi connectivity index (χ0v) is 19.1. The molecule has 3 saturated heterocycles. The van der Waals surface area contributed by atoms with Crippen molar-refractivity contribution in [2.24, 2.45) is 11.7 Å².